The van der Waals surface area contributed by atoms with Crippen LogP contribution in [0.2, 0.25) is 0 Å². The summed E-state index contributed by atoms with van der Waals surface area (Å²) in [7, 11) is 3.20. The van der Waals surface area contributed by atoms with Gasteiger partial charge in [-0.25, -0.2) is 0 Å². The van der Waals surface area contributed by atoms with E-state index >= 15 is 0 Å². The van der Waals surface area contributed by atoms with Crippen molar-refractivity contribution in [1.82, 2.24) is 0 Å². The van der Waals surface area contributed by atoms with Crippen LogP contribution >= 0.6 is 0 Å². The lowest BCUT2D eigenvalue weighted by Gasteiger charge is -2.18. The van der Waals surface area contributed by atoms with Crippen LogP contribution in [-0.4, -0.2) is 50.9 Å². The molecule has 2 unspecified atom stereocenters. The van der Waals surface area contributed by atoms with E-state index in [-0.39, 0.29) is 24.9 Å². The van der Waals surface area contributed by atoms with Gasteiger partial charge in [0.15, 0.2) is 0 Å². The number of hydrogen-bond acceptors (Lipinski definition) is 4. The number of methoxy groups -OCH3 is 2. The number of rotatable bonds is 3. The topological polar surface area (TPSA) is 47.9 Å². The molecule has 66 valence electrons. The van der Waals surface area contributed by atoms with Crippen LogP contribution in [0, 0.1) is 0 Å². The predicted molar refractivity (Wildman–Crippen MR) is 38.4 cm³/mol. The molecule has 0 aliphatic carbocycles. The quantitative estimate of drug-likeness (QED) is 0.602. The van der Waals surface area contributed by atoms with Gasteiger partial charge in [0.25, 0.3) is 0 Å². The van der Waals surface area contributed by atoms with Crippen LogP contribution in [0.4, 0.5) is 0 Å². The van der Waals surface area contributed by atoms with E-state index in [1.807, 2.05) is 0 Å². The Bertz CT molecular complexity index is 105. The molecule has 1 heterocycles. The van der Waals surface area contributed by atoms with Crippen LogP contribution < -0.4 is 0 Å². The van der Waals surface area contributed by atoms with E-state index in [0.717, 1.165) is 0 Å². The molecule has 3 atom stereocenters. The number of hydrogen-bond donors (Lipinski definition) is 1. The highest BCUT2D eigenvalue weighted by Crippen LogP contribution is 2.18. The standard InChI is InChI=1S/C7H14O4/c1-9-6-4-11-5(3-8)7(6)10-2/h5-8H,3-4H2,1-2H3/t5?,6-,7?/m1/s1. The molecule has 1 rings (SSSR count). The summed E-state index contributed by atoms with van der Waals surface area (Å²) >= 11 is 0. The Hall–Kier alpha value is -0.160. The molecule has 1 aliphatic heterocycles. The largest absolute Gasteiger partial charge is 0.394 e. The average molecular weight is 162 g/mol. The molecule has 0 aromatic rings. The highest BCUT2D eigenvalue weighted by atomic mass is 16.6. The van der Waals surface area contributed by atoms with Gasteiger partial charge in [-0.2, -0.15) is 0 Å². The molecular weight excluding hydrogens is 148 g/mol. The zero-order valence-corrected chi connectivity index (χ0v) is 6.82. The Kier molecular flexibility index (Phi) is 3.26. The lowest BCUT2D eigenvalue weighted by atomic mass is 10.1. The summed E-state index contributed by atoms with van der Waals surface area (Å²) in [5, 5.41) is 8.82. The van der Waals surface area contributed by atoms with Crippen LogP contribution in [0.1, 0.15) is 0 Å². The first-order chi connectivity index (χ1) is 5.33. The normalized spacial score (nSPS) is 37.9. The van der Waals surface area contributed by atoms with E-state index in [1.54, 1.807) is 14.2 Å². The molecule has 1 N–H and O–H groups in total. The highest BCUT2D eigenvalue weighted by Gasteiger charge is 2.36. The number of aliphatic hydroxyl groups is 1. The maximum Gasteiger partial charge on any atom is 0.114 e. The third-order valence-electron chi connectivity index (χ3n) is 1.96. The van der Waals surface area contributed by atoms with Gasteiger partial charge >= 0.3 is 0 Å². The van der Waals surface area contributed by atoms with Crippen molar-refractivity contribution in [2.24, 2.45) is 0 Å². The van der Waals surface area contributed by atoms with Crippen LogP contribution in [-0.2, 0) is 14.2 Å². The molecule has 0 bridgehead atoms. The molecule has 0 radical (unpaired) electrons. The molecule has 4 nitrogen and oxygen atoms in total. The maximum atomic E-state index is 8.82. The predicted octanol–water partition coefficient (Wildman–Crippen LogP) is -0.593. The molecule has 0 saturated carbocycles. The molecule has 1 fully saturated rings. The maximum absolute atomic E-state index is 8.82. The molecule has 0 aromatic carbocycles. The van der Waals surface area contributed by atoms with Gasteiger partial charge in [0.2, 0.25) is 0 Å². The summed E-state index contributed by atoms with van der Waals surface area (Å²) in [6.07, 6.45) is -0.410. The van der Waals surface area contributed by atoms with E-state index in [1.165, 1.54) is 0 Å². The van der Waals surface area contributed by atoms with E-state index in [9.17, 15) is 0 Å². The van der Waals surface area contributed by atoms with Crippen LogP contribution in [0.3, 0.4) is 0 Å². The lowest BCUT2D eigenvalue weighted by molar-refractivity contribution is -0.0395. The highest BCUT2D eigenvalue weighted by molar-refractivity contribution is 4.84. The summed E-state index contributed by atoms with van der Waals surface area (Å²) in [6, 6.07) is 0. The Labute approximate surface area is 66.1 Å². The van der Waals surface area contributed by atoms with Crippen molar-refractivity contribution in [2.45, 2.75) is 18.3 Å². The lowest BCUT2D eigenvalue weighted by Crippen LogP contribution is -2.35. The molecular formula is C7H14O4. The second-order valence-electron chi connectivity index (χ2n) is 2.53. The van der Waals surface area contributed by atoms with Crippen molar-refractivity contribution >= 4 is 0 Å². The smallest absolute Gasteiger partial charge is 0.114 e. The van der Waals surface area contributed by atoms with Crippen LogP contribution in [0.15, 0.2) is 0 Å². The first kappa shape index (κ1) is 8.93. The molecule has 1 aliphatic rings. The fourth-order valence-corrected chi connectivity index (χ4v) is 1.31. The fourth-order valence-electron chi connectivity index (χ4n) is 1.31. The van der Waals surface area contributed by atoms with Gasteiger partial charge in [-0.3, -0.25) is 0 Å². The first-order valence-corrected chi connectivity index (χ1v) is 3.61. The minimum absolute atomic E-state index is 0.0155. The van der Waals surface area contributed by atoms with Gasteiger partial charge in [-0.1, -0.05) is 0 Å². The zero-order valence-electron chi connectivity index (χ0n) is 6.82. The summed E-state index contributed by atoms with van der Waals surface area (Å²) in [5.74, 6) is 0. The summed E-state index contributed by atoms with van der Waals surface area (Å²) in [6.45, 7) is 0.485. The van der Waals surface area contributed by atoms with Crippen molar-refractivity contribution in [1.29, 1.82) is 0 Å². The van der Waals surface area contributed by atoms with E-state index in [2.05, 4.69) is 0 Å². The van der Waals surface area contributed by atoms with Crippen molar-refractivity contribution in [3.63, 3.8) is 0 Å². The summed E-state index contributed by atoms with van der Waals surface area (Å²) in [5.41, 5.74) is 0. The van der Waals surface area contributed by atoms with Gasteiger partial charge in [0, 0.05) is 14.2 Å². The van der Waals surface area contributed by atoms with Gasteiger partial charge in [-0.15, -0.1) is 0 Å². The minimum atomic E-state index is -0.232. The number of ether oxygens (including phenoxy) is 3. The van der Waals surface area contributed by atoms with Crippen molar-refractivity contribution in [3.8, 4) is 0 Å². The van der Waals surface area contributed by atoms with E-state index in [0.29, 0.717) is 6.61 Å². The van der Waals surface area contributed by atoms with Gasteiger partial charge in [0.05, 0.1) is 13.2 Å². The van der Waals surface area contributed by atoms with Crippen molar-refractivity contribution < 1.29 is 19.3 Å². The van der Waals surface area contributed by atoms with Gasteiger partial charge < -0.3 is 19.3 Å². The molecule has 0 aromatic heterocycles. The van der Waals surface area contributed by atoms with Crippen LogP contribution in [0.5, 0.6) is 0 Å². The summed E-state index contributed by atoms with van der Waals surface area (Å²) in [4.78, 5) is 0. The second-order valence-corrected chi connectivity index (χ2v) is 2.53. The Balaban J connectivity index is 2.48. The Morgan fingerprint density at radius 3 is 2.64 bits per heavy atom. The average Bonchev–Trinajstić information content (AvgIpc) is 2.45. The summed E-state index contributed by atoms with van der Waals surface area (Å²) < 4.78 is 15.4. The second kappa shape index (κ2) is 4.01. The molecule has 4 heteroatoms. The minimum Gasteiger partial charge on any atom is -0.394 e. The van der Waals surface area contributed by atoms with Crippen molar-refractivity contribution in [2.75, 3.05) is 27.4 Å². The van der Waals surface area contributed by atoms with Crippen molar-refractivity contribution in [3.05, 3.63) is 0 Å². The van der Waals surface area contributed by atoms with E-state index in [4.69, 9.17) is 19.3 Å². The molecule has 11 heavy (non-hydrogen) atoms. The zero-order chi connectivity index (χ0) is 8.27. The SMILES string of the molecule is COC1C(CO)OC[C@H]1OC. The third-order valence-corrected chi connectivity index (χ3v) is 1.96. The van der Waals surface area contributed by atoms with Gasteiger partial charge in [0.1, 0.15) is 18.3 Å². The fraction of sp³-hybridized carbons (Fsp3) is 1.00. The Morgan fingerprint density at radius 2 is 2.18 bits per heavy atom. The monoisotopic (exact) mass is 162 g/mol. The Morgan fingerprint density at radius 1 is 1.45 bits per heavy atom. The molecule has 0 spiro atoms. The first-order valence-electron chi connectivity index (χ1n) is 3.61. The van der Waals surface area contributed by atoms with Gasteiger partial charge in [-0.05, 0) is 0 Å². The van der Waals surface area contributed by atoms with E-state index < -0.39 is 0 Å². The molecule has 0 amide bonds. The molecule has 1 saturated heterocycles. The van der Waals surface area contributed by atoms with Crippen LogP contribution in [0.25, 0.3) is 0 Å². The third kappa shape index (κ3) is 1.70. The number of aliphatic hydroxyl groups excluding tert-OH is 1.